The Morgan fingerprint density at radius 2 is 1.59 bits per heavy atom. The van der Waals surface area contributed by atoms with E-state index in [2.05, 4.69) is 79.1 Å². The number of nitrogens with zero attached hydrogens (tertiary/aromatic N) is 2. The lowest BCUT2D eigenvalue weighted by Crippen LogP contribution is -2.14. The van der Waals surface area contributed by atoms with Gasteiger partial charge in [0.25, 0.3) is 0 Å². The zero-order valence-electron chi connectivity index (χ0n) is 17.4. The largest absolute Gasteiger partial charge is 0.337 e. The van der Waals surface area contributed by atoms with Gasteiger partial charge in [-0.3, -0.25) is 4.98 Å². The van der Waals surface area contributed by atoms with Crippen LogP contribution in [0.2, 0.25) is 0 Å². The lowest BCUT2D eigenvalue weighted by atomic mass is 9.94. The highest BCUT2D eigenvalue weighted by Gasteiger charge is 2.25. The second kappa shape index (κ2) is 7.51. The first-order chi connectivity index (χ1) is 14.3. The van der Waals surface area contributed by atoms with Crippen LogP contribution in [0, 0.1) is 0 Å². The molecule has 0 bridgehead atoms. The fourth-order valence-electron chi connectivity index (χ4n) is 5.26. The summed E-state index contributed by atoms with van der Waals surface area (Å²) in [5.74, 6) is 0. The van der Waals surface area contributed by atoms with Gasteiger partial charge in [0.05, 0.1) is 11.0 Å². The van der Waals surface area contributed by atoms with Crippen molar-refractivity contribution < 1.29 is 0 Å². The molecule has 1 aliphatic carbocycles. The molecular weight excluding hydrogens is 352 g/mol. The summed E-state index contributed by atoms with van der Waals surface area (Å²) >= 11 is 0. The third-order valence-corrected chi connectivity index (χ3v) is 6.39. The first kappa shape index (κ1) is 18.2. The minimum absolute atomic E-state index is 0.564. The van der Waals surface area contributed by atoms with Gasteiger partial charge < -0.3 is 4.57 Å². The number of rotatable bonds is 3. The monoisotopic (exact) mass is 380 g/mol. The van der Waals surface area contributed by atoms with Gasteiger partial charge >= 0.3 is 0 Å². The molecule has 1 fully saturated rings. The lowest BCUT2D eigenvalue weighted by Gasteiger charge is -2.26. The van der Waals surface area contributed by atoms with Gasteiger partial charge in [0.15, 0.2) is 0 Å². The Morgan fingerprint density at radius 1 is 0.862 bits per heavy atom. The molecule has 2 heterocycles. The van der Waals surface area contributed by atoms with Crippen molar-refractivity contribution in [1.29, 1.82) is 0 Å². The summed E-state index contributed by atoms with van der Waals surface area (Å²) in [7, 11) is 0. The molecule has 2 aromatic carbocycles. The van der Waals surface area contributed by atoms with Crippen LogP contribution >= 0.6 is 0 Å². The van der Waals surface area contributed by atoms with E-state index in [0.717, 1.165) is 5.52 Å². The third kappa shape index (κ3) is 2.81. The molecule has 0 radical (unpaired) electrons. The second-order valence-electron chi connectivity index (χ2n) is 8.13. The van der Waals surface area contributed by atoms with Crippen LogP contribution in [-0.4, -0.2) is 9.55 Å². The van der Waals surface area contributed by atoms with E-state index in [1.54, 1.807) is 0 Å². The fraction of sp³-hybridized carbons (Fsp3) is 0.296. The first-order valence-electron chi connectivity index (χ1n) is 10.9. The predicted octanol–water partition coefficient (Wildman–Crippen LogP) is 7.91. The molecule has 0 N–H and O–H groups in total. The first-order valence-corrected chi connectivity index (χ1v) is 10.9. The zero-order valence-corrected chi connectivity index (χ0v) is 17.4. The molecule has 29 heavy (non-hydrogen) atoms. The SMILES string of the molecule is C/C=C\c1c(/C=C\C)n(C2CCCCC2)c2c3ccccc3c3ncccc3c12. The summed E-state index contributed by atoms with van der Waals surface area (Å²) in [4.78, 5) is 4.81. The van der Waals surface area contributed by atoms with E-state index in [9.17, 15) is 0 Å². The number of allylic oxidation sites excluding steroid dienone is 2. The van der Waals surface area contributed by atoms with Gasteiger partial charge in [-0.15, -0.1) is 0 Å². The van der Waals surface area contributed by atoms with Crippen LogP contribution in [0.25, 0.3) is 44.7 Å². The molecule has 146 valence electrons. The van der Waals surface area contributed by atoms with Crippen LogP contribution in [-0.2, 0) is 0 Å². The number of pyridine rings is 1. The van der Waals surface area contributed by atoms with Crippen LogP contribution in [0.1, 0.15) is 63.3 Å². The number of benzene rings is 2. The maximum absolute atomic E-state index is 4.81. The summed E-state index contributed by atoms with van der Waals surface area (Å²) in [6.45, 7) is 4.24. The highest BCUT2D eigenvalue weighted by Crippen LogP contribution is 2.43. The standard InChI is InChI=1S/C27H28N2/c1-3-11-22-24(12-4-2)29(19-13-6-5-7-14-19)27-21-16-9-8-15-20(21)26-23(25(22)27)17-10-18-28-26/h3-4,8-12,15-19H,5-7,13-14H2,1-2H3/b11-3-,12-4-. The van der Waals surface area contributed by atoms with Crippen LogP contribution in [0.15, 0.2) is 54.7 Å². The average Bonchev–Trinajstić information content (AvgIpc) is 3.09. The molecular formula is C27H28N2. The minimum Gasteiger partial charge on any atom is -0.337 e. The molecule has 0 atom stereocenters. The van der Waals surface area contributed by atoms with Crippen LogP contribution < -0.4 is 0 Å². The van der Waals surface area contributed by atoms with Crippen molar-refractivity contribution in [3.05, 3.63) is 66.0 Å². The molecule has 0 aliphatic heterocycles. The Kier molecular flexibility index (Phi) is 4.71. The molecule has 4 aromatic rings. The minimum atomic E-state index is 0.564. The second-order valence-corrected chi connectivity index (χ2v) is 8.13. The molecule has 2 nitrogen and oxygen atoms in total. The molecule has 0 amide bonds. The molecule has 1 saturated carbocycles. The van der Waals surface area contributed by atoms with E-state index < -0.39 is 0 Å². The van der Waals surface area contributed by atoms with Gasteiger partial charge in [-0.2, -0.15) is 0 Å². The van der Waals surface area contributed by atoms with Crippen molar-refractivity contribution in [2.24, 2.45) is 0 Å². The van der Waals surface area contributed by atoms with Crippen LogP contribution in [0.5, 0.6) is 0 Å². The smallest absolute Gasteiger partial charge is 0.0788 e. The normalized spacial score (nSPS) is 16.2. The van der Waals surface area contributed by atoms with E-state index in [-0.39, 0.29) is 0 Å². The number of hydrogen-bond donors (Lipinski definition) is 0. The molecule has 0 saturated heterocycles. The van der Waals surface area contributed by atoms with E-state index in [0.29, 0.717) is 6.04 Å². The summed E-state index contributed by atoms with van der Waals surface area (Å²) in [5, 5.41) is 5.18. The quantitative estimate of drug-likeness (QED) is 0.330. The molecule has 5 rings (SSSR count). The maximum Gasteiger partial charge on any atom is 0.0788 e. The molecule has 2 aromatic heterocycles. The molecule has 1 aliphatic rings. The van der Waals surface area contributed by atoms with Gasteiger partial charge in [0.2, 0.25) is 0 Å². The third-order valence-electron chi connectivity index (χ3n) is 6.39. The van der Waals surface area contributed by atoms with E-state index in [4.69, 9.17) is 4.98 Å². The zero-order chi connectivity index (χ0) is 19.8. The number of hydrogen-bond acceptors (Lipinski definition) is 1. The van der Waals surface area contributed by atoms with Gasteiger partial charge in [-0.1, -0.05) is 67.8 Å². The van der Waals surface area contributed by atoms with E-state index in [1.807, 2.05) is 6.20 Å². The van der Waals surface area contributed by atoms with Crippen molar-refractivity contribution in [3.8, 4) is 0 Å². The van der Waals surface area contributed by atoms with E-state index >= 15 is 0 Å². The molecule has 0 spiro atoms. The maximum atomic E-state index is 4.81. The van der Waals surface area contributed by atoms with Crippen molar-refractivity contribution in [2.75, 3.05) is 0 Å². The summed E-state index contributed by atoms with van der Waals surface area (Å²) in [6.07, 6.45) is 17.4. The van der Waals surface area contributed by atoms with Crippen LogP contribution in [0.3, 0.4) is 0 Å². The Balaban J connectivity index is 2.06. The number of fused-ring (bicyclic) bond motifs is 6. The van der Waals surface area contributed by atoms with Crippen molar-refractivity contribution in [3.63, 3.8) is 0 Å². The Labute approximate surface area is 172 Å². The van der Waals surface area contributed by atoms with Gasteiger partial charge in [0, 0.05) is 45.0 Å². The van der Waals surface area contributed by atoms with Crippen molar-refractivity contribution in [2.45, 2.75) is 52.0 Å². The Morgan fingerprint density at radius 3 is 2.34 bits per heavy atom. The number of aromatic nitrogens is 2. The average molecular weight is 381 g/mol. The van der Waals surface area contributed by atoms with Gasteiger partial charge in [0.1, 0.15) is 0 Å². The lowest BCUT2D eigenvalue weighted by molar-refractivity contribution is 0.360. The predicted molar refractivity (Wildman–Crippen MR) is 126 cm³/mol. The van der Waals surface area contributed by atoms with Crippen LogP contribution in [0.4, 0.5) is 0 Å². The van der Waals surface area contributed by atoms with Crippen molar-refractivity contribution >= 4 is 44.7 Å². The summed E-state index contributed by atoms with van der Waals surface area (Å²) in [6, 6.07) is 13.7. The highest BCUT2D eigenvalue weighted by atomic mass is 15.0. The van der Waals surface area contributed by atoms with Crippen molar-refractivity contribution in [1.82, 2.24) is 9.55 Å². The summed E-state index contributed by atoms with van der Waals surface area (Å²) in [5.41, 5.74) is 5.16. The van der Waals surface area contributed by atoms with Gasteiger partial charge in [-0.05, 0) is 38.8 Å². The summed E-state index contributed by atoms with van der Waals surface area (Å²) < 4.78 is 2.67. The fourth-order valence-corrected chi connectivity index (χ4v) is 5.26. The molecule has 2 heteroatoms. The highest BCUT2D eigenvalue weighted by molar-refractivity contribution is 6.26. The topological polar surface area (TPSA) is 17.8 Å². The molecule has 0 unspecified atom stereocenters. The van der Waals surface area contributed by atoms with E-state index in [1.165, 1.54) is 70.4 Å². The Bertz CT molecular complexity index is 1250. The van der Waals surface area contributed by atoms with Gasteiger partial charge in [-0.25, -0.2) is 0 Å². The Hall–Kier alpha value is -2.87.